The Labute approximate surface area is 205 Å². The van der Waals surface area contributed by atoms with E-state index in [1.165, 1.54) is 0 Å². The van der Waals surface area contributed by atoms with Gasteiger partial charge in [0.05, 0.1) is 18.7 Å². The maximum absolute atomic E-state index is 11.7. The predicted octanol–water partition coefficient (Wildman–Crippen LogP) is 4.20. The third kappa shape index (κ3) is 20.4. The number of nitrogens with one attached hydrogen (secondary N) is 3. The summed E-state index contributed by atoms with van der Waals surface area (Å²) in [5.41, 5.74) is -1.05. The molecule has 0 unspecified atom stereocenters. The molecule has 0 aromatic heterocycles. The summed E-state index contributed by atoms with van der Waals surface area (Å²) in [7, 11) is 0. The molecule has 0 rings (SSSR count). The van der Waals surface area contributed by atoms with Crippen molar-refractivity contribution in [2.45, 2.75) is 112 Å². The molecule has 0 spiro atoms. The van der Waals surface area contributed by atoms with Crippen molar-refractivity contribution in [2.75, 3.05) is 13.2 Å². The van der Waals surface area contributed by atoms with Gasteiger partial charge in [-0.25, -0.2) is 14.4 Å². The first-order valence-electron chi connectivity index (χ1n) is 11.8. The van der Waals surface area contributed by atoms with E-state index in [9.17, 15) is 14.4 Å². The van der Waals surface area contributed by atoms with Gasteiger partial charge in [-0.05, 0) is 67.2 Å². The number of carbonyl (C=O) groups is 3. The summed E-state index contributed by atoms with van der Waals surface area (Å²) >= 11 is 0. The highest BCUT2D eigenvalue weighted by Gasteiger charge is 2.23. The Balaban J connectivity index is 0. The molecule has 4 N–H and O–H groups in total. The molecule has 202 valence electrons. The molecular formula is C24H49N3O7. The summed E-state index contributed by atoms with van der Waals surface area (Å²) in [4.78, 5) is 34.4. The summed E-state index contributed by atoms with van der Waals surface area (Å²) < 4.78 is 15.3. The topological polar surface area (TPSA) is 135 Å². The van der Waals surface area contributed by atoms with Gasteiger partial charge in [-0.15, -0.1) is 0 Å². The quantitative estimate of drug-likeness (QED) is 0.374. The minimum Gasteiger partial charge on any atom is -0.447 e. The summed E-state index contributed by atoms with van der Waals surface area (Å²) in [6.45, 7) is 22.2. The smallest absolute Gasteiger partial charge is 0.407 e. The molecule has 0 saturated heterocycles. The monoisotopic (exact) mass is 491 g/mol. The Morgan fingerprint density at radius 1 is 0.676 bits per heavy atom. The second kappa shape index (κ2) is 15.6. The molecule has 0 heterocycles. The fourth-order valence-electron chi connectivity index (χ4n) is 2.18. The lowest BCUT2D eigenvalue weighted by molar-refractivity contribution is 0.0442. The van der Waals surface area contributed by atoms with Crippen LogP contribution in [0.2, 0.25) is 0 Å². The molecule has 3 amide bonds. The largest absolute Gasteiger partial charge is 0.447 e. The van der Waals surface area contributed by atoms with Crippen molar-refractivity contribution < 1.29 is 33.7 Å². The van der Waals surface area contributed by atoms with E-state index in [0.717, 1.165) is 0 Å². The molecule has 0 saturated carbocycles. The second-order valence-corrected chi connectivity index (χ2v) is 11.1. The highest BCUT2D eigenvalue weighted by Crippen LogP contribution is 2.10. The van der Waals surface area contributed by atoms with Gasteiger partial charge in [0.1, 0.15) is 17.8 Å². The second-order valence-electron chi connectivity index (χ2n) is 11.1. The van der Waals surface area contributed by atoms with Crippen LogP contribution in [0.25, 0.3) is 0 Å². The first-order chi connectivity index (χ1) is 15.3. The molecule has 0 radical (unpaired) electrons. The van der Waals surface area contributed by atoms with E-state index in [0.29, 0.717) is 0 Å². The van der Waals surface area contributed by atoms with Crippen LogP contribution < -0.4 is 16.0 Å². The van der Waals surface area contributed by atoms with Gasteiger partial charge in [-0.3, -0.25) is 0 Å². The van der Waals surface area contributed by atoms with Crippen LogP contribution in [-0.2, 0) is 14.2 Å². The van der Waals surface area contributed by atoms with Crippen molar-refractivity contribution in [1.82, 2.24) is 16.0 Å². The van der Waals surface area contributed by atoms with Gasteiger partial charge in [0.15, 0.2) is 0 Å². The molecule has 0 aromatic rings. The van der Waals surface area contributed by atoms with Gasteiger partial charge in [0.25, 0.3) is 0 Å². The lowest BCUT2D eigenvalue weighted by Crippen LogP contribution is -2.45. The maximum Gasteiger partial charge on any atom is 0.407 e. The Morgan fingerprint density at radius 2 is 1.06 bits per heavy atom. The number of hydrogen-bond acceptors (Lipinski definition) is 7. The highest BCUT2D eigenvalue weighted by molar-refractivity contribution is 5.69. The summed E-state index contributed by atoms with van der Waals surface area (Å²) in [6.07, 6.45) is -1.48. The molecule has 34 heavy (non-hydrogen) atoms. The molecule has 0 aliphatic heterocycles. The Bertz CT molecular complexity index is 609. The number of rotatable bonds is 8. The van der Waals surface area contributed by atoms with Crippen molar-refractivity contribution in [2.24, 2.45) is 11.8 Å². The first-order valence-corrected chi connectivity index (χ1v) is 11.8. The maximum atomic E-state index is 11.7. The molecular weight excluding hydrogens is 442 g/mol. The van der Waals surface area contributed by atoms with Gasteiger partial charge in [0, 0.05) is 6.04 Å². The molecule has 0 aromatic carbocycles. The van der Waals surface area contributed by atoms with Gasteiger partial charge in [-0.1, -0.05) is 27.7 Å². The van der Waals surface area contributed by atoms with Crippen LogP contribution in [0.15, 0.2) is 0 Å². The van der Waals surface area contributed by atoms with Gasteiger partial charge >= 0.3 is 18.3 Å². The lowest BCUT2D eigenvalue weighted by Gasteiger charge is -2.25. The van der Waals surface area contributed by atoms with Crippen LogP contribution in [0.4, 0.5) is 14.4 Å². The van der Waals surface area contributed by atoms with Crippen LogP contribution in [0, 0.1) is 11.8 Å². The highest BCUT2D eigenvalue weighted by atomic mass is 16.6. The summed E-state index contributed by atoms with van der Waals surface area (Å²) in [5.74, 6) is 0.307. The Hall–Kier alpha value is -2.23. The third-order valence-corrected chi connectivity index (χ3v) is 4.01. The van der Waals surface area contributed by atoms with Crippen LogP contribution >= 0.6 is 0 Å². The zero-order valence-corrected chi connectivity index (χ0v) is 23.2. The number of aliphatic hydroxyl groups excluding tert-OH is 1. The number of alkyl carbamates (subject to hydrolysis) is 3. The van der Waals surface area contributed by atoms with Gasteiger partial charge < -0.3 is 35.3 Å². The van der Waals surface area contributed by atoms with E-state index in [1.54, 1.807) is 41.5 Å². The minimum atomic E-state index is -0.554. The number of aliphatic hydroxyl groups is 1. The summed E-state index contributed by atoms with van der Waals surface area (Å²) in [6, 6.07) is -0.522. The average molecular weight is 492 g/mol. The fraction of sp³-hybridized carbons (Fsp3) is 0.875. The van der Waals surface area contributed by atoms with Crippen LogP contribution in [-0.4, -0.2) is 65.9 Å². The zero-order chi connectivity index (χ0) is 27.3. The standard InChI is InChI=1S/C14H28N2O4.C10H21NO3/c1-9(2)11(8-19-12(17)15-10(3)4)16-13(18)20-14(5,6)7;1-7(2)8(6-12)11-9(13)14-10(3,4)5/h9-11H,8H2,1-7H3,(H,15,17)(H,16,18);7-8,12H,6H2,1-5H3,(H,11,13)/t11-;8-/m11/s1. The van der Waals surface area contributed by atoms with Crippen LogP contribution in [0.5, 0.6) is 0 Å². The van der Waals surface area contributed by atoms with Crippen molar-refractivity contribution in [1.29, 1.82) is 0 Å². The lowest BCUT2D eigenvalue weighted by atomic mass is 10.1. The summed E-state index contributed by atoms with van der Waals surface area (Å²) in [5, 5.41) is 16.9. The Morgan fingerprint density at radius 3 is 1.35 bits per heavy atom. The van der Waals surface area contributed by atoms with E-state index < -0.39 is 29.5 Å². The van der Waals surface area contributed by atoms with Crippen molar-refractivity contribution in [3.05, 3.63) is 0 Å². The first kappa shape index (κ1) is 33.9. The number of ether oxygens (including phenoxy) is 3. The zero-order valence-electron chi connectivity index (χ0n) is 23.2. The molecule has 2 atom stereocenters. The van der Waals surface area contributed by atoms with E-state index >= 15 is 0 Å². The molecule has 0 aliphatic rings. The third-order valence-electron chi connectivity index (χ3n) is 4.01. The number of hydrogen-bond donors (Lipinski definition) is 4. The number of amides is 3. The van der Waals surface area contributed by atoms with Crippen molar-refractivity contribution >= 4 is 18.3 Å². The van der Waals surface area contributed by atoms with Gasteiger partial charge in [-0.2, -0.15) is 0 Å². The van der Waals surface area contributed by atoms with E-state index in [2.05, 4.69) is 16.0 Å². The van der Waals surface area contributed by atoms with Gasteiger partial charge in [0.2, 0.25) is 0 Å². The van der Waals surface area contributed by atoms with Crippen LogP contribution in [0.3, 0.4) is 0 Å². The van der Waals surface area contributed by atoms with E-state index in [1.807, 2.05) is 41.5 Å². The predicted molar refractivity (Wildman–Crippen MR) is 133 cm³/mol. The number of carbonyl (C=O) groups excluding carboxylic acids is 3. The average Bonchev–Trinajstić information content (AvgIpc) is 2.59. The van der Waals surface area contributed by atoms with Crippen LogP contribution in [0.1, 0.15) is 83.1 Å². The van der Waals surface area contributed by atoms with Crippen molar-refractivity contribution in [3.63, 3.8) is 0 Å². The Kier molecular flexibility index (Phi) is 15.6. The van der Waals surface area contributed by atoms with E-state index in [-0.39, 0.29) is 43.2 Å². The normalized spacial score (nSPS) is 13.4. The molecule has 0 bridgehead atoms. The molecule has 0 aliphatic carbocycles. The van der Waals surface area contributed by atoms with E-state index in [4.69, 9.17) is 19.3 Å². The van der Waals surface area contributed by atoms with Crippen molar-refractivity contribution in [3.8, 4) is 0 Å². The molecule has 10 heteroatoms. The minimum absolute atomic E-state index is 0.0128. The molecule has 0 fully saturated rings. The molecule has 10 nitrogen and oxygen atoms in total. The SMILES string of the molecule is CC(C)NC(=O)OC[C@@H](NC(=O)OC(C)(C)C)C(C)C.CC(C)[C@@H](CO)NC(=O)OC(C)(C)C. The fourth-order valence-corrected chi connectivity index (χ4v) is 2.18.